The molecular weight excluding hydrogens is 402 g/mol. The van der Waals surface area contributed by atoms with Crippen LogP contribution in [-0.4, -0.2) is 66.7 Å². The molecule has 172 valence electrons. The van der Waals surface area contributed by atoms with Crippen LogP contribution in [0.15, 0.2) is 42.0 Å². The van der Waals surface area contributed by atoms with Crippen molar-refractivity contribution in [3.05, 3.63) is 47.5 Å². The highest BCUT2D eigenvalue weighted by Crippen LogP contribution is 2.45. The van der Waals surface area contributed by atoms with Crippen LogP contribution in [0.5, 0.6) is 0 Å². The number of benzene rings is 1. The van der Waals surface area contributed by atoms with Gasteiger partial charge in [-0.15, -0.1) is 0 Å². The van der Waals surface area contributed by atoms with E-state index in [2.05, 4.69) is 16.3 Å². The minimum Gasteiger partial charge on any atom is -0.467 e. The van der Waals surface area contributed by atoms with E-state index in [0.29, 0.717) is 24.3 Å². The lowest BCUT2D eigenvalue weighted by atomic mass is 9.68. The van der Waals surface area contributed by atoms with Crippen molar-refractivity contribution in [2.24, 2.45) is 11.8 Å². The van der Waals surface area contributed by atoms with Crippen LogP contribution < -0.4 is 5.32 Å². The fourth-order valence-electron chi connectivity index (χ4n) is 6.62. The fraction of sp³-hybridized carbons (Fsp3) is 0.615. The Bertz CT molecular complexity index is 870. The number of amides is 2. The monoisotopic (exact) mass is 437 g/mol. The third kappa shape index (κ3) is 4.17. The fourth-order valence-corrected chi connectivity index (χ4v) is 6.62. The molecule has 2 bridgehead atoms. The highest BCUT2D eigenvalue weighted by molar-refractivity contribution is 5.84. The molecule has 1 aromatic carbocycles. The molecule has 3 heterocycles. The lowest BCUT2D eigenvalue weighted by molar-refractivity contribution is -0.142. The molecule has 6 heteroatoms. The second-order valence-corrected chi connectivity index (χ2v) is 9.92. The summed E-state index contributed by atoms with van der Waals surface area (Å²) in [5.41, 5.74) is 2.46. The van der Waals surface area contributed by atoms with Gasteiger partial charge in [0.2, 0.25) is 0 Å². The third-order valence-corrected chi connectivity index (χ3v) is 7.98. The van der Waals surface area contributed by atoms with E-state index in [1.807, 2.05) is 35.2 Å². The summed E-state index contributed by atoms with van der Waals surface area (Å²) in [6.07, 6.45) is 10.2. The Labute approximate surface area is 191 Å². The van der Waals surface area contributed by atoms with E-state index in [1.54, 1.807) is 0 Å². The highest BCUT2D eigenvalue weighted by Gasteiger charge is 2.47. The molecule has 4 aliphatic rings. The number of carbonyl (C=O) groups excluding carboxylic acids is 2. The van der Waals surface area contributed by atoms with Gasteiger partial charge in [-0.25, -0.2) is 9.59 Å². The van der Waals surface area contributed by atoms with Crippen LogP contribution in [-0.2, 0) is 16.0 Å². The predicted octanol–water partition coefficient (Wildman–Crippen LogP) is 3.38. The van der Waals surface area contributed by atoms with Gasteiger partial charge in [-0.3, -0.25) is 4.90 Å². The van der Waals surface area contributed by atoms with Crippen LogP contribution >= 0.6 is 0 Å². The first-order valence-electron chi connectivity index (χ1n) is 12.3. The summed E-state index contributed by atoms with van der Waals surface area (Å²) in [6, 6.07) is 9.84. The van der Waals surface area contributed by atoms with Crippen LogP contribution in [0, 0.1) is 11.8 Å². The van der Waals surface area contributed by atoms with Crippen molar-refractivity contribution in [1.29, 1.82) is 0 Å². The van der Waals surface area contributed by atoms with Gasteiger partial charge in [0.15, 0.2) is 0 Å². The van der Waals surface area contributed by atoms with Crippen LogP contribution in [0.4, 0.5) is 4.79 Å². The predicted molar refractivity (Wildman–Crippen MR) is 123 cm³/mol. The maximum absolute atomic E-state index is 13.5. The Kier molecular flexibility index (Phi) is 6.22. The van der Waals surface area contributed by atoms with Crippen molar-refractivity contribution in [2.45, 2.75) is 63.1 Å². The first kappa shape index (κ1) is 21.5. The molecule has 5 atom stereocenters. The quantitative estimate of drug-likeness (QED) is 0.580. The average Bonchev–Trinajstić information content (AvgIpc) is 2.83. The summed E-state index contributed by atoms with van der Waals surface area (Å²) in [5, 5.41) is 3.02. The Hall–Kier alpha value is -2.34. The summed E-state index contributed by atoms with van der Waals surface area (Å²) < 4.78 is 5.01. The van der Waals surface area contributed by atoms with Crippen LogP contribution in [0.1, 0.15) is 44.1 Å². The lowest BCUT2D eigenvalue weighted by Crippen LogP contribution is -2.62. The Morgan fingerprint density at radius 1 is 1.16 bits per heavy atom. The number of nitrogens with zero attached hydrogens (tertiary/aromatic N) is 2. The molecule has 1 N–H and O–H groups in total. The summed E-state index contributed by atoms with van der Waals surface area (Å²) in [6.45, 7) is 3.04. The number of carbonyl (C=O) groups is 2. The Morgan fingerprint density at radius 2 is 2.00 bits per heavy atom. The molecule has 1 aliphatic carbocycles. The van der Waals surface area contributed by atoms with E-state index >= 15 is 0 Å². The zero-order chi connectivity index (χ0) is 22.1. The molecule has 0 aromatic heterocycles. The smallest absolute Gasteiger partial charge is 0.328 e. The van der Waals surface area contributed by atoms with Crippen LogP contribution in [0.25, 0.3) is 0 Å². The third-order valence-electron chi connectivity index (χ3n) is 7.98. The number of hydrogen-bond donors (Lipinski definition) is 1. The van der Waals surface area contributed by atoms with Crippen molar-refractivity contribution in [3.63, 3.8) is 0 Å². The standard InChI is InChI=1S/C26H35N3O3/c1-32-25(30)22(14-18-8-3-2-4-9-18)27-26(31)29-13-7-10-19-15-20-16-21(24(19)29)17-28-12-6-5-11-23(20)28/h2-4,8-9,15,20-24H,5-7,10-14,16-17H2,1H3,(H,27,31). The molecule has 6 nitrogen and oxygen atoms in total. The molecule has 1 aromatic rings. The zero-order valence-electron chi connectivity index (χ0n) is 19.0. The molecule has 0 radical (unpaired) electrons. The Balaban J connectivity index is 1.34. The molecule has 3 fully saturated rings. The zero-order valence-corrected chi connectivity index (χ0v) is 19.0. The molecule has 0 saturated carbocycles. The highest BCUT2D eigenvalue weighted by atomic mass is 16.5. The SMILES string of the molecule is COC(=O)C(Cc1ccccc1)NC(=O)N1CCCC2=CC3CC(CN4CCCCC34)C21. The molecule has 32 heavy (non-hydrogen) atoms. The number of likely N-dealkylation sites (tertiary alicyclic amines) is 1. The first-order valence-corrected chi connectivity index (χ1v) is 12.3. The van der Waals surface area contributed by atoms with Crippen molar-refractivity contribution >= 4 is 12.0 Å². The van der Waals surface area contributed by atoms with Gasteiger partial charge >= 0.3 is 12.0 Å². The number of piperidine rings is 3. The van der Waals surface area contributed by atoms with Gasteiger partial charge in [-0.2, -0.15) is 0 Å². The minimum absolute atomic E-state index is 0.133. The van der Waals surface area contributed by atoms with Crippen molar-refractivity contribution in [3.8, 4) is 0 Å². The first-order chi connectivity index (χ1) is 15.6. The molecule has 2 amide bonds. The molecule has 5 unspecified atom stereocenters. The maximum atomic E-state index is 13.5. The Morgan fingerprint density at radius 3 is 2.81 bits per heavy atom. The van der Waals surface area contributed by atoms with Gasteiger partial charge in [-0.1, -0.05) is 48.4 Å². The van der Waals surface area contributed by atoms with Crippen LogP contribution in [0.2, 0.25) is 0 Å². The van der Waals surface area contributed by atoms with Crippen molar-refractivity contribution < 1.29 is 14.3 Å². The number of ether oxygens (including phenoxy) is 1. The van der Waals surface area contributed by atoms with Gasteiger partial charge in [0.25, 0.3) is 0 Å². The van der Waals surface area contributed by atoms with Gasteiger partial charge in [0.05, 0.1) is 13.2 Å². The van der Waals surface area contributed by atoms with E-state index < -0.39 is 12.0 Å². The lowest BCUT2D eigenvalue weighted by Gasteiger charge is -2.54. The summed E-state index contributed by atoms with van der Waals surface area (Å²) in [4.78, 5) is 30.7. The van der Waals surface area contributed by atoms with Crippen molar-refractivity contribution in [1.82, 2.24) is 15.1 Å². The molecule has 5 rings (SSSR count). The number of fused-ring (bicyclic) bond motifs is 6. The number of nitrogens with one attached hydrogen (secondary N) is 1. The molecule has 3 aliphatic heterocycles. The van der Waals surface area contributed by atoms with Crippen LogP contribution in [0.3, 0.4) is 0 Å². The van der Waals surface area contributed by atoms with Gasteiger partial charge in [0, 0.05) is 25.6 Å². The normalized spacial score (nSPS) is 30.4. The van der Waals surface area contributed by atoms with E-state index in [4.69, 9.17) is 4.74 Å². The summed E-state index contributed by atoms with van der Waals surface area (Å²) >= 11 is 0. The maximum Gasteiger partial charge on any atom is 0.328 e. The second kappa shape index (κ2) is 9.26. The molecular formula is C26H35N3O3. The minimum atomic E-state index is -0.682. The topological polar surface area (TPSA) is 61.9 Å². The van der Waals surface area contributed by atoms with E-state index in [1.165, 1.54) is 44.9 Å². The number of methoxy groups -OCH3 is 1. The molecule has 3 saturated heterocycles. The summed E-state index contributed by atoms with van der Waals surface area (Å²) in [7, 11) is 1.38. The average molecular weight is 438 g/mol. The second-order valence-electron chi connectivity index (χ2n) is 9.92. The van der Waals surface area contributed by atoms with Gasteiger partial charge in [-0.05, 0) is 56.0 Å². The number of hydrogen-bond acceptors (Lipinski definition) is 4. The van der Waals surface area contributed by atoms with E-state index in [-0.39, 0.29) is 12.1 Å². The number of urea groups is 1. The van der Waals surface area contributed by atoms with Gasteiger partial charge < -0.3 is 15.0 Å². The number of rotatable bonds is 4. The molecule has 0 spiro atoms. The van der Waals surface area contributed by atoms with E-state index in [0.717, 1.165) is 31.5 Å². The summed E-state index contributed by atoms with van der Waals surface area (Å²) in [5.74, 6) is 0.739. The number of esters is 1. The van der Waals surface area contributed by atoms with E-state index in [9.17, 15) is 9.59 Å². The van der Waals surface area contributed by atoms with Gasteiger partial charge in [0.1, 0.15) is 6.04 Å². The van der Waals surface area contributed by atoms with Crippen molar-refractivity contribution in [2.75, 3.05) is 26.7 Å². The largest absolute Gasteiger partial charge is 0.467 e.